The van der Waals surface area contributed by atoms with Crippen molar-refractivity contribution in [2.45, 2.75) is 44.0 Å². The van der Waals surface area contributed by atoms with Crippen LogP contribution >= 0.6 is 0 Å². The summed E-state index contributed by atoms with van der Waals surface area (Å²) >= 11 is 0. The Hall–Kier alpha value is -1.41. The lowest BCUT2D eigenvalue weighted by Crippen LogP contribution is -2.56. The van der Waals surface area contributed by atoms with Crippen LogP contribution in [0.25, 0.3) is 0 Å². The lowest BCUT2D eigenvalue weighted by atomic mass is 9.93. The zero-order valence-corrected chi connectivity index (χ0v) is 11.6. The molecule has 18 heavy (non-hydrogen) atoms. The topological polar surface area (TPSA) is 125 Å². The summed E-state index contributed by atoms with van der Waals surface area (Å²) < 4.78 is 27.0. The number of amidine groups is 1. The maximum atomic E-state index is 12.2. The molecule has 0 aromatic carbocycles. The first kappa shape index (κ1) is 14.7. The van der Waals surface area contributed by atoms with E-state index in [0.717, 1.165) is 0 Å². The molecule has 1 aromatic rings. The number of nitrogens with two attached hydrogens (primary N) is 1. The third-order valence-corrected chi connectivity index (χ3v) is 4.78. The molecule has 0 radical (unpaired) electrons. The number of H-pyrrole nitrogens is 1. The molecular formula is C10H19N5O2S. The Morgan fingerprint density at radius 2 is 2.11 bits per heavy atom. The summed E-state index contributed by atoms with van der Waals surface area (Å²) in [5.41, 5.74) is 4.94. The van der Waals surface area contributed by atoms with Gasteiger partial charge in [0.25, 0.3) is 0 Å². The average molecular weight is 273 g/mol. The van der Waals surface area contributed by atoms with Gasteiger partial charge < -0.3 is 5.73 Å². The Labute approximate surface area is 107 Å². The Balaban J connectivity index is 3.16. The summed E-state index contributed by atoms with van der Waals surface area (Å²) in [5.74, 6) is -0.183. The van der Waals surface area contributed by atoms with Crippen molar-refractivity contribution in [3.05, 3.63) is 11.9 Å². The SMILES string of the molecule is CCC(CC)(NS(=O)(=O)c1cn[nH]c1C)C(=N)N. The van der Waals surface area contributed by atoms with Crippen molar-refractivity contribution in [1.29, 1.82) is 5.41 Å². The normalized spacial score (nSPS) is 12.6. The van der Waals surface area contributed by atoms with Gasteiger partial charge in [-0.1, -0.05) is 13.8 Å². The fourth-order valence-electron chi connectivity index (χ4n) is 1.75. The predicted molar refractivity (Wildman–Crippen MR) is 68.9 cm³/mol. The molecular weight excluding hydrogens is 254 g/mol. The number of sulfonamides is 1. The molecule has 8 heteroatoms. The van der Waals surface area contributed by atoms with E-state index in [4.69, 9.17) is 11.1 Å². The number of aromatic nitrogens is 2. The van der Waals surface area contributed by atoms with Crippen molar-refractivity contribution >= 4 is 15.9 Å². The number of rotatable bonds is 6. The van der Waals surface area contributed by atoms with Gasteiger partial charge in [0.2, 0.25) is 10.0 Å². The molecule has 0 fully saturated rings. The summed E-state index contributed by atoms with van der Waals surface area (Å²) in [5, 5.41) is 13.8. The lowest BCUT2D eigenvalue weighted by Gasteiger charge is -2.30. The minimum absolute atomic E-state index is 0.0787. The summed E-state index contributed by atoms with van der Waals surface area (Å²) in [6.45, 7) is 5.19. The van der Waals surface area contributed by atoms with Crippen molar-refractivity contribution in [1.82, 2.24) is 14.9 Å². The van der Waals surface area contributed by atoms with Gasteiger partial charge in [0.05, 0.1) is 17.4 Å². The fourth-order valence-corrected chi connectivity index (χ4v) is 3.42. The van der Waals surface area contributed by atoms with Crippen LogP contribution < -0.4 is 10.5 Å². The second-order valence-corrected chi connectivity index (χ2v) is 5.82. The standard InChI is InChI=1S/C10H19N5O2S/c1-4-10(5-2,9(11)12)15-18(16,17)8-6-13-14-7(8)3/h6,15H,4-5H2,1-3H3,(H3,11,12)(H,13,14). The molecule has 0 spiro atoms. The van der Waals surface area contributed by atoms with E-state index in [1.165, 1.54) is 6.20 Å². The highest BCUT2D eigenvalue weighted by molar-refractivity contribution is 7.89. The van der Waals surface area contributed by atoms with Crippen molar-refractivity contribution in [3.63, 3.8) is 0 Å². The average Bonchev–Trinajstić information content (AvgIpc) is 2.73. The molecule has 0 unspecified atom stereocenters. The summed E-state index contributed by atoms with van der Waals surface area (Å²) in [4.78, 5) is 0.0787. The van der Waals surface area contributed by atoms with Gasteiger partial charge in [-0.2, -0.15) is 9.82 Å². The van der Waals surface area contributed by atoms with Gasteiger partial charge in [0.15, 0.2) is 0 Å². The van der Waals surface area contributed by atoms with Gasteiger partial charge >= 0.3 is 0 Å². The quantitative estimate of drug-likeness (QED) is 0.444. The van der Waals surface area contributed by atoms with Crippen LogP contribution in [0.3, 0.4) is 0 Å². The van der Waals surface area contributed by atoms with Crippen LogP contribution in [-0.4, -0.2) is 30.0 Å². The zero-order valence-electron chi connectivity index (χ0n) is 10.7. The van der Waals surface area contributed by atoms with Gasteiger partial charge in [-0.05, 0) is 19.8 Å². The molecule has 0 amide bonds. The zero-order chi connectivity index (χ0) is 14.0. The van der Waals surface area contributed by atoms with E-state index in [0.29, 0.717) is 18.5 Å². The Bertz CT molecular complexity index is 530. The molecule has 0 aliphatic rings. The molecule has 7 nitrogen and oxygen atoms in total. The molecule has 1 aromatic heterocycles. The van der Waals surface area contributed by atoms with Crippen LogP contribution in [-0.2, 0) is 10.0 Å². The van der Waals surface area contributed by atoms with Gasteiger partial charge in [-0.3, -0.25) is 10.5 Å². The maximum Gasteiger partial charge on any atom is 0.244 e. The smallest absolute Gasteiger partial charge is 0.244 e. The molecule has 0 saturated heterocycles. The largest absolute Gasteiger partial charge is 0.386 e. The number of nitrogens with one attached hydrogen (secondary N) is 3. The number of aryl methyl sites for hydroxylation is 1. The number of hydrogen-bond donors (Lipinski definition) is 4. The van der Waals surface area contributed by atoms with Crippen LogP contribution in [0.2, 0.25) is 0 Å². The summed E-state index contributed by atoms with van der Waals surface area (Å²) in [6.07, 6.45) is 2.07. The first-order valence-corrected chi connectivity index (χ1v) is 7.16. The van der Waals surface area contributed by atoms with Crippen LogP contribution in [0.4, 0.5) is 0 Å². The molecule has 0 bridgehead atoms. The fraction of sp³-hybridized carbons (Fsp3) is 0.600. The molecule has 0 saturated carbocycles. The highest BCUT2D eigenvalue weighted by Crippen LogP contribution is 2.20. The van der Waals surface area contributed by atoms with E-state index in [-0.39, 0.29) is 10.7 Å². The van der Waals surface area contributed by atoms with E-state index in [1.807, 2.05) is 0 Å². The van der Waals surface area contributed by atoms with Crippen molar-refractivity contribution < 1.29 is 8.42 Å². The van der Waals surface area contributed by atoms with E-state index in [9.17, 15) is 8.42 Å². The second-order valence-electron chi connectivity index (χ2n) is 4.17. The molecule has 1 heterocycles. The van der Waals surface area contributed by atoms with E-state index in [2.05, 4.69) is 14.9 Å². The minimum Gasteiger partial charge on any atom is -0.386 e. The Morgan fingerprint density at radius 1 is 1.56 bits per heavy atom. The molecule has 0 aliphatic carbocycles. The number of aromatic amines is 1. The van der Waals surface area contributed by atoms with E-state index < -0.39 is 15.6 Å². The lowest BCUT2D eigenvalue weighted by molar-refractivity contribution is 0.458. The monoisotopic (exact) mass is 273 g/mol. The maximum absolute atomic E-state index is 12.2. The first-order chi connectivity index (χ1) is 8.29. The van der Waals surface area contributed by atoms with Crippen LogP contribution in [0, 0.1) is 12.3 Å². The third kappa shape index (κ3) is 2.54. The van der Waals surface area contributed by atoms with Crippen molar-refractivity contribution in [3.8, 4) is 0 Å². The predicted octanol–water partition coefficient (Wildman–Crippen LogP) is 0.491. The Morgan fingerprint density at radius 3 is 2.44 bits per heavy atom. The Kier molecular flexibility index (Phi) is 4.12. The second kappa shape index (κ2) is 5.07. The van der Waals surface area contributed by atoms with Crippen LogP contribution in [0.5, 0.6) is 0 Å². The number of nitrogens with zero attached hydrogens (tertiary/aromatic N) is 1. The summed E-state index contributed by atoms with van der Waals surface area (Å²) in [7, 11) is -3.74. The van der Waals surface area contributed by atoms with Crippen LogP contribution in [0.15, 0.2) is 11.1 Å². The highest BCUT2D eigenvalue weighted by atomic mass is 32.2. The molecule has 102 valence electrons. The van der Waals surface area contributed by atoms with Gasteiger partial charge in [0, 0.05) is 0 Å². The third-order valence-electron chi connectivity index (χ3n) is 3.13. The van der Waals surface area contributed by atoms with E-state index in [1.54, 1.807) is 20.8 Å². The van der Waals surface area contributed by atoms with Gasteiger partial charge in [-0.25, -0.2) is 8.42 Å². The van der Waals surface area contributed by atoms with Gasteiger partial charge in [0.1, 0.15) is 10.7 Å². The minimum atomic E-state index is -3.74. The molecule has 0 aliphatic heterocycles. The summed E-state index contributed by atoms with van der Waals surface area (Å²) in [6, 6.07) is 0. The molecule has 5 N–H and O–H groups in total. The molecule has 0 atom stereocenters. The highest BCUT2D eigenvalue weighted by Gasteiger charge is 2.36. The molecule has 1 rings (SSSR count). The van der Waals surface area contributed by atoms with E-state index >= 15 is 0 Å². The van der Waals surface area contributed by atoms with Crippen molar-refractivity contribution in [2.75, 3.05) is 0 Å². The first-order valence-electron chi connectivity index (χ1n) is 5.67. The van der Waals surface area contributed by atoms with Crippen molar-refractivity contribution in [2.24, 2.45) is 5.73 Å². The number of hydrogen-bond acceptors (Lipinski definition) is 4. The van der Waals surface area contributed by atoms with Crippen LogP contribution in [0.1, 0.15) is 32.4 Å². The van der Waals surface area contributed by atoms with Gasteiger partial charge in [-0.15, -0.1) is 0 Å².